The highest BCUT2D eigenvalue weighted by Gasteiger charge is 2.22. The molecule has 21 heavy (non-hydrogen) atoms. The zero-order valence-corrected chi connectivity index (χ0v) is 11.6. The highest BCUT2D eigenvalue weighted by Crippen LogP contribution is 2.32. The second-order valence-corrected chi connectivity index (χ2v) is 5.64. The zero-order valence-electron chi connectivity index (χ0n) is 11.6. The lowest BCUT2D eigenvalue weighted by atomic mass is 9.83. The molecule has 0 spiro atoms. The van der Waals surface area contributed by atoms with Crippen molar-refractivity contribution in [3.8, 4) is 6.07 Å². The van der Waals surface area contributed by atoms with Crippen molar-refractivity contribution in [2.45, 2.75) is 25.2 Å². The normalized spacial score (nSPS) is 17.4. The highest BCUT2D eigenvalue weighted by molar-refractivity contribution is 5.81. The van der Waals surface area contributed by atoms with E-state index in [1.54, 1.807) is 0 Å². The van der Waals surface area contributed by atoms with Gasteiger partial charge < -0.3 is 4.98 Å². The van der Waals surface area contributed by atoms with E-state index >= 15 is 0 Å². The minimum absolute atomic E-state index is 0.416. The monoisotopic (exact) mass is 273 g/mol. The number of rotatable bonds is 1. The van der Waals surface area contributed by atoms with Crippen LogP contribution in [0.15, 0.2) is 42.5 Å². The van der Waals surface area contributed by atoms with E-state index in [0.29, 0.717) is 11.5 Å². The average molecular weight is 273 g/mol. The molecule has 0 radical (unpaired) electrons. The van der Waals surface area contributed by atoms with Gasteiger partial charge in [-0.2, -0.15) is 5.26 Å². The molecule has 3 nitrogen and oxygen atoms in total. The van der Waals surface area contributed by atoms with Gasteiger partial charge in [0.2, 0.25) is 0 Å². The second kappa shape index (κ2) is 4.75. The smallest absolute Gasteiger partial charge is 0.110 e. The predicted molar refractivity (Wildman–Crippen MR) is 82.0 cm³/mol. The number of benzene rings is 2. The SMILES string of the molecule is N#Cc1cccc2[nH]c(C3CCc4ccccc4C3)nc12. The zero-order chi connectivity index (χ0) is 14.2. The molecule has 3 aromatic rings. The molecule has 1 unspecified atom stereocenters. The minimum Gasteiger partial charge on any atom is -0.342 e. The van der Waals surface area contributed by atoms with Gasteiger partial charge in [-0.15, -0.1) is 0 Å². The number of aromatic nitrogens is 2. The van der Waals surface area contributed by atoms with Crippen molar-refractivity contribution < 1.29 is 0 Å². The third-order valence-electron chi connectivity index (χ3n) is 4.39. The van der Waals surface area contributed by atoms with Gasteiger partial charge in [-0.05, 0) is 42.5 Å². The summed E-state index contributed by atoms with van der Waals surface area (Å²) in [5, 5.41) is 9.18. The van der Waals surface area contributed by atoms with Gasteiger partial charge >= 0.3 is 0 Å². The molecule has 0 aliphatic heterocycles. The molecule has 0 amide bonds. The molecule has 4 rings (SSSR count). The molecular formula is C18H15N3. The van der Waals surface area contributed by atoms with Crippen LogP contribution >= 0.6 is 0 Å². The Balaban J connectivity index is 1.74. The number of H-pyrrole nitrogens is 1. The fourth-order valence-electron chi connectivity index (χ4n) is 3.27. The van der Waals surface area contributed by atoms with Gasteiger partial charge in [0.15, 0.2) is 0 Å². The van der Waals surface area contributed by atoms with Crippen LogP contribution in [0.3, 0.4) is 0 Å². The summed E-state index contributed by atoms with van der Waals surface area (Å²) in [6.45, 7) is 0. The Morgan fingerprint density at radius 1 is 1.10 bits per heavy atom. The lowest BCUT2D eigenvalue weighted by Crippen LogP contribution is -2.13. The number of nitriles is 1. The largest absolute Gasteiger partial charge is 0.342 e. The van der Waals surface area contributed by atoms with E-state index in [-0.39, 0.29) is 0 Å². The van der Waals surface area contributed by atoms with Gasteiger partial charge in [-0.3, -0.25) is 0 Å². The molecule has 2 aromatic carbocycles. The van der Waals surface area contributed by atoms with Gasteiger partial charge in [-0.25, -0.2) is 4.98 Å². The maximum Gasteiger partial charge on any atom is 0.110 e. The summed E-state index contributed by atoms with van der Waals surface area (Å²) in [5.74, 6) is 1.43. The van der Waals surface area contributed by atoms with Crippen LogP contribution in [0.4, 0.5) is 0 Å². The van der Waals surface area contributed by atoms with Crippen molar-refractivity contribution >= 4 is 11.0 Å². The van der Waals surface area contributed by atoms with E-state index in [9.17, 15) is 5.26 Å². The first-order chi connectivity index (χ1) is 10.3. The first-order valence-corrected chi connectivity index (χ1v) is 7.30. The van der Waals surface area contributed by atoms with Crippen molar-refractivity contribution in [3.63, 3.8) is 0 Å². The molecule has 1 atom stereocenters. The van der Waals surface area contributed by atoms with E-state index in [4.69, 9.17) is 4.98 Å². The van der Waals surface area contributed by atoms with Crippen molar-refractivity contribution in [1.29, 1.82) is 5.26 Å². The van der Waals surface area contributed by atoms with Crippen molar-refractivity contribution in [3.05, 3.63) is 65.0 Å². The Morgan fingerprint density at radius 3 is 2.81 bits per heavy atom. The molecule has 1 aromatic heterocycles. The van der Waals surface area contributed by atoms with Gasteiger partial charge in [-0.1, -0.05) is 30.3 Å². The van der Waals surface area contributed by atoms with Crippen LogP contribution < -0.4 is 0 Å². The van der Waals surface area contributed by atoms with Gasteiger partial charge in [0, 0.05) is 5.92 Å². The van der Waals surface area contributed by atoms with E-state index in [2.05, 4.69) is 35.3 Å². The second-order valence-electron chi connectivity index (χ2n) is 5.64. The molecule has 102 valence electrons. The van der Waals surface area contributed by atoms with Crippen molar-refractivity contribution in [2.24, 2.45) is 0 Å². The number of aryl methyl sites for hydroxylation is 1. The summed E-state index contributed by atoms with van der Waals surface area (Å²) in [6, 6.07) is 16.6. The Morgan fingerprint density at radius 2 is 1.95 bits per heavy atom. The van der Waals surface area contributed by atoms with Crippen molar-refractivity contribution in [1.82, 2.24) is 9.97 Å². The lowest BCUT2D eigenvalue weighted by molar-refractivity contribution is 0.561. The molecular weight excluding hydrogens is 258 g/mol. The van der Waals surface area contributed by atoms with Gasteiger partial charge in [0.05, 0.1) is 11.1 Å². The van der Waals surface area contributed by atoms with E-state index in [0.717, 1.165) is 36.1 Å². The third kappa shape index (κ3) is 2.00. The van der Waals surface area contributed by atoms with Crippen LogP contribution in [0.25, 0.3) is 11.0 Å². The summed E-state index contributed by atoms with van der Waals surface area (Å²) in [4.78, 5) is 8.11. The lowest BCUT2D eigenvalue weighted by Gasteiger charge is -2.22. The first kappa shape index (κ1) is 12.2. The standard InChI is InChI=1S/C18H15N3/c19-11-15-6-3-7-16-17(15)21-18(20-16)14-9-8-12-4-1-2-5-13(12)10-14/h1-7,14H,8-10H2,(H,20,21). The molecule has 0 saturated carbocycles. The molecule has 1 aliphatic carbocycles. The maximum absolute atomic E-state index is 9.18. The van der Waals surface area contributed by atoms with Crippen LogP contribution in [0.1, 0.15) is 34.9 Å². The fraction of sp³-hybridized carbons (Fsp3) is 0.222. The van der Waals surface area contributed by atoms with Crippen LogP contribution in [0.2, 0.25) is 0 Å². The Labute approximate surface area is 123 Å². The summed E-state index contributed by atoms with van der Waals surface area (Å²) in [6.07, 6.45) is 3.24. The number of nitrogens with one attached hydrogen (secondary N) is 1. The number of nitrogens with zero attached hydrogens (tertiary/aromatic N) is 2. The van der Waals surface area contributed by atoms with Crippen LogP contribution in [-0.2, 0) is 12.8 Å². The number of para-hydroxylation sites is 1. The topological polar surface area (TPSA) is 52.5 Å². The first-order valence-electron chi connectivity index (χ1n) is 7.30. The molecule has 0 bridgehead atoms. The number of fused-ring (bicyclic) bond motifs is 2. The number of imidazole rings is 1. The van der Waals surface area contributed by atoms with Crippen LogP contribution in [0, 0.1) is 11.3 Å². The third-order valence-corrected chi connectivity index (χ3v) is 4.39. The number of hydrogen-bond acceptors (Lipinski definition) is 2. The molecule has 1 N–H and O–H groups in total. The van der Waals surface area contributed by atoms with Gasteiger partial charge in [0.1, 0.15) is 17.4 Å². The summed E-state index contributed by atoms with van der Waals surface area (Å²) < 4.78 is 0. The Bertz CT molecular complexity index is 854. The predicted octanol–water partition coefficient (Wildman–Crippen LogP) is 3.71. The summed E-state index contributed by atoms with van der Waals surface area (Å²) in [5.41, 5.74) is 5.29. The molecule has 0 saturated heterocycles. The minimum atomic E-state index is 0.416. The molecule has 3 heteroatoms. The number of hydrogen-bond donors (Lipinski definition) is 1. The highest BCUT2D eigenvalue weighted by atomic mass is 14.9. The molecule has 1 heterocycles. The van der Waals surface area contributed by atoms with E-state index < -0.39 is 0 Å². The van der Waals surface area contributed by atoms with Crippen LogP contribution in [-0.4, -0.2) is 9.97 Å². The maximum atomic E-state index is 9.18. The molecule has 0 fully saturated rings. The fourth-order valence-corrected chi connectivity index (χ4v) is 3.27. The summed E-state index contributed by atoms with van der Waals surface area (Å²) >= 11 is 0. The Kier molecular flexibility index (Phi) is 2.75. The average Bonchev–Trinajstić information content (AvgIpc) is 2.98. The van der Waals surface area contributed by atoms with Crippen molar-refractivity contribution in [2.75, 3.05) is 0 Å². The Hall–Kier alpha value is -2.60. The van der Waals surface area contributed by atoms with Gasteiger partial charge in [0.25, 0.3) is 0 Å². The summed E-state index contributed by atoms with van der Waals surface area (Å²) in [7, 11) is 0. The van der Waals surface area contributed by atoms with E-state index in [1.165, 1.54) is 11.1 Å². The van der Waals surface area contributed by atoms with E-state index in [1.807, 2.05) is 18.2 Å². The quantitative estimate of drug-likeness (QED) is 0.735. The van der Waals surface area contributed by atoms with Crippen LogP contribution in [0.5, 0.6) is 0 Å². The molecule has 1 aliphatic rings. The number of aromatic amines is 1.